The van der Waals surface area contributed by atoms with Crippen molar-refractivity contribution in [3.05, 3.63) is 36.1 Å². The van der Waals surface area contributed by atoms with Crippen LogP contribution in [0, 0.1) is 0 Å². The molecule has 1 N–H and O–H groups in total. The first-order valence-corrected chi connectivity index (χ1v) is 6.02. The summed E-state index contributed by atoms with van der Waals surface area (Å²) in [6, 6.07) is 7.90. The summed E-state index contributed by atoms with van der Waals surface area (Å²) >= 11 is 0. The number of para-hydroxylation sites is 1. The van der Waals surface area contributed by atoms with Crippen molar-refractivity contribution in [1.82, 2.24) is 5.32 Å². The van der Waals surface area contributed by atoms with E-state index in [9.17, 15) is 4.79 Å². The SMILES string of the molecule is COCCC(=O)NCCc1coc2ccccc12. The van der Waals surface area contributed by atoms with E-state index in [1.807, 2.05) is 24.3 Å². The van der Waals surface area contributed by atoms with Crippen LogP contribution in [0.1, 0.15) is 12.0 Å². The molecule has 4 heteroatoms. The van der Waals surface area contributed by atoms with Crippen LogP contribution in [0.4, 0.5) is 0 Å². The molecule has 0 fully saturated rings. The molecule has 4 nitrogen and oxygen atoms in total. The monoisotopic (exact) mass is 247 g/mol. The molecule has 0 bridgehead atoms. The summed E-state index contributed by atoms with van der Waals surface area (Å²) in [5.41, 5.74) is 2.01. The number of furan rings is 1. The zero-order valence-corrected chi connectivity index (χ0v) is 10.4. The summed E-state index contributed by atoms with van der Waals surface area (Å²) in [5.74, 6) is 0.0182. The molecule has 2 rings (SSSR count). The molecule has 0 aliphatic heterocycles. The van der Waals surface area contributed by atoms with Crippen molar-refractivity contribution < 1.29 is 13.9 Å². The molecule has 0 atom stereocenters. The molecule has 0 radical (unpaired) electrons. The third-order valence-corrected chi connectivity index (χ3v) is 2.81. The van der Waals surface area contributed by atoms with Crippen LogP contribution in [0.3, 0.4) is 0 Å². The average Bonchev–Trinajstić information content (AvgIpc) is 2.80. The maximum atomic E-state index is 11.4. The van der Waals surface area contributed by atoms with E-state index >= 15 is 0 Å². The molecule has 1 aromatic carbocycles. The van der Waals surface area contributed by atoms with Crippen LogP contribution in [-0.4, -0.2) is 26.2 Å². The Bertz CT molecular complexity index is 518. The normalized spacial score (nSPS) is 10.7. The topological polar surface area (TPSA) is 51.5 Å². The van der Waals surface area contributed by atoms with Gasteiger partial charge in [-0.05, 0) is 18.1 Å². The number of hydrogen-bond donors (Lipinski definition) is 1. The number of benzene rings is 1. The Morgan fingerprint density at radius 2 is 2.22 bits per heavy atom. The lowest BCUT2D eigenvalue weighted by Crippen LogP contribution is -2.26. The Hall–Kier alpha value is -1.81. The first-order valence-electron chi connectivity index (χ1n) is 6.02. The van der Waals surface area contributed by atoms with Crippen molar-refractivity contribution in [3.63, 3.8) is 0 Å². The Kier molecular flexibility index (Phi) is 4.36. The van der Waals surface area contributed by atoms with Gasteiger partial charge in [0.25, 0.3) is 0 Å². The Balaban J connectivity index is 1.85. The second kappa shape index (κ2) is 6.21. The van der Waals surface area contributed by atoms with E-state index in [2.05, 4.69) is 5.32 Å². The van der Waals surface area contributed by atoms with Crippen LogP contribution in [0.25, 0.3) is 11.0 Å². The molecule has 96 valence electrons. The van der Waals surface area contributed by atoms with Gasteiger partial charge in [-0.15, -0.1) is 0 Å². The molecule has 0 unspecified atom stereocenters. The van der Waals surface area contributed by atoms with E-state index in [0.717, 1.165) is 23.0 Å². The summed E-state index contributed by atoms with van der Waals surface area (Å²) in [5, 5.41) is 3.97. The van der Waals surface area contributed by atoms with Crippen molar-refractivity contribution in [1.29, 1.82) is 0 Å². The second-order valence-corrected chi connectivity index (χ2v) is 4.10. The van der Waals surface area contributed by atoms with Gasteiger partial charge in [-0.3, -0.25) is 4.79 Å². The smallest absolute Gasteiger partial charge is 0.222 e. The van der Waals surface area contributed by atoms with Gasteiger partial charge in [-0.25, -0.2) is 0 Å². The van der Waals surface area contributed by atoms with E-state index in [0.29, 0.717) is 19.6 Å². The molecule has 0 aliphatic carbocycles. The highest BCUT2D eigenvalue weighted by atomic mass is 16.5. The quantitative estimate of drug-likeness (QED) is 0.850. The van der Waals surface area contributed by atoms with Gasteiger partial charge in [0.05, 0.1) is 12.9 Å². The molecule has 1 heterocycles. The van der Waals surface area contributed by atoms with Gasteiger partial charge in [0.2, 0.25) is 5.91 Å². The predicted molar refractivity (Wildman–Crippen MR) is 69.4 cm³/mol. The van der Waals surface area contributed by atoms with Gasteiger partial charge in [-0.2, -0.15) is 0 Å². The van der Waals surface area contributed by atoms with Gasteiger partial charge in [0.15, 0.2) is 0 Å². The van der Waals surface area contributed by atoms with Crippen molar-refractivity contribution in [2.24, 2.45) is 0 Å². The lowest BCUT2D eigenvalue weighted by atomic mass is 10.1. The fraction of sp³-hybridized carbons (Fsp3) is 0.357. The van der Waals surface area contributed by atoms with Gasteiger partial charge in [0, 0.05) is 25.5 Å². The summed E-state index contributed by atoms with van der Waals surface area (Å²) in [7, 11) is 1.59. The molecule has 18 heavy (non-hydrogen) atoms. The van der Waals surface area contributed by atoms with Crippen molar-refractivity contribution in [3.8, 4) is 0 Å². The average molecular weight is 247 g/mol. The molecule has 0 spiro atoms. The molecule has 2 aromatic rings. The van der Waals surface area contributed by atoms with Gasteiger partial charge in [0.1, 0.15) is 5.58 Å². The third-order valence-electron chi connectivity index (χ3n) is 2.81. The Morgan fingerprint density at radius 1 is 1.39 bits per heavy atom. The van der Waals surface area contributed by atoms with Crippen LogP contribution in [0.15, 0.2) is 34.9 Å². The van der Waals surface area contributed by atoms with Crippen LogP contribution >= 0.6 is 0 Å². The maximum Gasteiger partial charge on any atom is 0.222 e. The zero-order valence-electron chi connectivity index (χ0n) is 10.4. The van der Waals surface area contributed by atoms with Crippen molar-refractivity contribution in [2.75, 3.05) is 20.3 Å². The Morgan fingerprint density at radius 3 is 3.06 bits per heavy atom. The second-order valence-electron chi connectivity index (χ2n) is 4.10. The zero-order chi connectivity index (χ0) is 12.8. The number of nitrogens with one attached hydrogen (secondary N) is 1. The molecule has 1 amide bonds. The summed E-state index contributed by atoms with van der Waals surface area (Å²) in [6.07, 6.45) is 2.93. The number of carbonyl (C=O) groups excluding carboxylic acids is 1. The van der Waals surface area contributed by atoms with E-state index in [4.69, 9.17) is 9.15 Å². The van der Waals surface area contributed by atoms with Gasteiger partial charge >= 0.3 is 0 Å². The van der Waals surface area contributed by atoms with Crippen LogP contribution < -0.4 is 5.32 Å². The van der Waals surface area contributed by atoms with Gasteiger partial charge < -0.3 is 14.5 Å². The molecular formula is C14H17NO3. The molecular weight excluding hydrogens is 230 g/mol. The van der Waals surface area contributed by atoms with Crippen LogP contribution in [0.5, 0.6) is 0 Å². The van der Waals surface area contributed by atoms with Crippen molar-refractivity contribution >= 4 is 16.9 Å². The number of amides is 1. The minimum atomic E-state index is 0.0182. The molecule has 1 aromatic heterocycles. The number of methoxy groups -OCH3 is 1. The van der Waals surface area contributed by atoms with Crippen LogP contribution in [-0.2, 0) is 16.0 Å². The minimum Gasteiger partial charge on any atom is -0.464 e. The highest BCUT2D eigenvalue weighted by Crippen LogP contribution is 2.20. The predicted octanol–water partition coefficient (Wildman–Crippen LogP) is 2.13. The standard InChI is InChI=1S/C14H17NO3/c1-17-9-7-14(16)15-8-6-11-10-18-13-5-3-2-4-12(11)13/h2-5,10H,6-9H2,1H3,(H,15,16). The fourth-order valence-corrected chi connectivity index (χ4v) is 1.85. The fourth-order valence-electron chi connectivity index (χ4n) is 1.85. The molecule has 0 saturated heterocycles. The minimum absolute atomic E-state index is 0.0182. The number of fused-ring (bicyclic) bond motifs is 1. The molecule has 0 saturated carbocycles. The number of hydrogen-bond acceptors (Lipinski definition) is 3. The lowest BCUT2D eigenvalue weighted by Gasteiger charge is -2.03. The van der Waals surface area contributed by atoms with Crippen LogP contribution in [0.2, 0.25) is 0 Å². The van der Waals surface area contributed by atoms with E-state index in [1.54, 1.807) is 13.4 Å². The maximum absolute atomic E-state index is 11.4. The highest BCUT2D eigenvalue weighted by molar-refractivity contribution is 5.81. The first kappa shape index (κ1) is 12.6. The van der Waals surface area contributed by atoms with E-state index in [1.165, 1.54) is 0 Å². The van der Waals surface area contributed by atoms with E-state index in [-0.39, 0.29) is 5.91 Å². The van der Waals surface area contributed by atoms with Crippen molar-refractivity contribution in [2.45, 2.75) is 12.8 Å². The number of carbonyl (C=O) groups is 1. The van der Waals surface area contributed by atoms with E-state index < -0.39 is 0 Å². The largest absolute Gasteiger partial charge is 0.464 e. The summed E-state index contributed by atoms with van der Waals surface area (Å²) in [4.78, 5) is 11.4. The summed E-state index contributed by atoms with van der Waals surface area (Å²) < 4.78 is 10.3. The first-order chi connectivity index (χ1) is 8.81. The molecule has 0 aliphatic rings. The van der Waals surface area contributed by atoms with Gasteiger partial charge in [-0.1, -0.05) is 18.2 Å². The highest BCUT2D eigenvalue weighted by Gasteiger charge is 2.05. The third kappa shape index (κ3) is 3.11. The lowest BCUT2D eigenvalue weighted by molar-refractivity contribution is -0.121. The number of ether oxygens (including phenoxy) is 1. The Labute approximate surface area is 106 Å². The summed E-state index contributed by atoms with van der Waals surface area (Å²) in [6.45, 7) is 1.08. The number of rotatable bonds is 6.